The number of ketones is 1. The highest BCUT2D eigenvalue weighted by Crippen LogP contribution is 2.49. The minimum absolute atomic E-state index is 0.247. The van der Waals surface area contributed by atoms with Gasteiger partial charge in [0.15, 0.2) is 0 Å². The zero-order valence-electron chi connectivity index (χ0n) is 33.3. The molecule has 5 atom stereocenters. The van der Waals surface area contributed by atoms with Crippen LogP contribution >= 0.6 is 0 Å². The van der Waals surface area contributed by atoms with Crippen molar-refractivity contribution in [3.63, 3.8) is 0 Å². The van der Waals surface area contributed by atoms with Crippen molar-refractivity contribution < 1.29 is 19.8 Å². The van der Waals surface area contributed by atoms with Gasteiger partial charge in [-0.15, -0.1) is 0 Å². The zero-order chi connectivity index (χ0) is 36.0. The highest BCUT2D eigenvalue weighted by molar-refractivity contribution is 5.75. The monoisotopic (exact) mass is 677 g/mol. The van der Waals surface area contributed by atoms with Crippen molar-refractivity contribution in [3.8, 4) is 0 Å². The molecule has 0 saturated heterocycles. The highest BCUT2D eigenvalue weighted by atomic mass is 16.4. The number of allylic oxidation sites excluding steroid dienone is 1. The lowest BCUT2D eigenvalue weighted by molar-refractivity contribution is -0.157. The Bertz CT molecular complexity index is 771. The summed E-state index contributed by atoms with van der Waals surface area (Å²) in [5.41, 5.74) is -0.619. The molecule has 0 aromatic heterocycles. The van der Waals surface area contributed by atoms with Crippen LogP contribution < -0.4 is 0 Å². The summed E-state index contributed by atoms with van der Waals surface area (Å²) in [6.07, 6.45) is 32.9. The van der Waals surface area contributed by atoms with Crippen LogP contribution in [0.5, 0.6) is 0 Å². The van der Waals surface area contributed by atoms with E-state index < -0.39 is 11.4 Å². The molecule has 284 valence electrons. The number of aliphatic hydroxyl groups is 1. The van der Waals surface area contributed by atoms with Crippen molar-refractivity contribution in [1.82, 2.24) is 0 Å². The molecular weight excluding hydrogens is 592 g/mol. The number of Topliss-reactive ketones (excluding diaryl/α,β-unsaturated/α-hetero) is 1. The second-order valence-corrected chi connectivity index (χ2v) is 15.7. The van der Waals surface area contributed by atoms with Gasteiger partial charge in [-0.3, -0.25) is 4.79 Å². The number of aliphatic carboxylic acids is 1. The fourth-order valence-corrected chi connectivity index (χ4v) is 8.11. The van der Waals surface area contributed by atoms with Gasteiger partial charge in [-0.05, 0) is 88.4 Å². The Hall–Kier alpha value is -1.16. The summed E-state index contributed by atoms with van der Waals surface area (Å²) < 4.78 is 0. The third-order valence-electron chi connectivity index (χ3n) is 11.6. The first-order valence-corrected chi connectivity index (χ1v) is 21.2. The van der Waals surface area contributed by atoms with E-state index in [-0.39, 0.29) is 17.8 Å². The number of aliphatic hydroxyl groups excluding tert-OH is 1. The molecule has 0 aromatic carbocycles. The zero-order valence-corrected chi connectivity index (χ0v) is 33.3. The molecule has 4 nitrogen and oxygen atoms in total. The van der Waals surface area contributed by atoms with Crippen molar-refractivity contribution in [3.05, 3.63) is 12.2 Å². The van der Waals surface area contributed by atoms with Gasteiger partial charge in [-0.1, -0.05) is 163 Å². The maximum Gasteiger partial charge on any atom is 0.309 e. The molecule has 4 heteroatoms. The Labute approximate surface area is 300 Å². The SMILES string of the molecule is CCCCC(CC)CC(CCCCCC=CC[C@H](O)CCCCCCC(C)=O)C(CC(CC)CCCC)(CC(CC)CCCC)C(=O)O. The third kappa shape index (κ3) is 21.8. The van der Waals surface area contributed by atoms with Gasteiger partial charge in [0.1, 0.15) is 5.78 Å². The Morgan fingerprint density at radius 3 is 1.60 bits per heavy atom. The fourth-order valence-electron chi connectivity index (χ4n) is 8.11. The van der Waals surface area contributed by atoms with E-state index in [1.807, 2.05) is 0 Å². The summed E-state index contributed by atoms with van der Waals surface area (Å²) in [7, 11) is 0. The van der Waals surface area contributed by atoms with E-state index in [1.165, 1.54) is 44.9 Å². The first-order chi connectivity index (χ1) is 23.1. The summed E-state index contributed by atoms with van der Waals surface area (Å²) in [5, 5.41) is 21.7. The molecule has 0 rings (SSSR count). The molecule has 0 aliphatic carbocycles. The predicted octanol–water partition coefficient (Wildman–Crippen LogP) is 13.7. The number of carboxylic acids is 1. The van der Waals surface area contributed by atoms with Crippen molar-refractivity contribution in [1.29, 1.82) is 0 Å². The molecule has 0 aliphatic rings. The fraction of sp³-hybridized carbons (Fsp3) is 0.909. The van der Waals surface area contributed by atoms with Crippen LogP contribution in [0.1, 0.15) is 222 Å². The lowest BCUT2D eigenvalue weighted by atomic mass is 9.60. The van der Waals surface area contributed by atoms with Gasteiger partial charge < -0.3 is 15.0 Å². The van der Waals surface area contributed by atoms with Gasteiger partial charge in [-0.25, -0.2) is 0 Å². The van der Waals surface area contributed by atoms with Crippen molar-refractivity contribution >= 4 is 11.8 Å². The Balaban J connectivity index is 5.58. The number of rotatable bonds is 35. The van der Waals surface area contributed by atoms with E-state index in [2.05, 4.69) is 53.7 Å². The van der Waals surface area contributed by atoms with E-state index in [0.717, 1.165) is 122 Å². The van der Waals surface area contributed by atoms with Gasteiger partial charge in [0.2, 0.25) is 0 Å². The Morgan fingerprint density at radius 2 is 1.10 bits per heavy atom. The number of unbranched alkanes of at least 4 members (excludes halogenated alkanes) is 9. The van der Waals surface area contributed by atoms with E-state index in [4.69, 9.17) is 0 Å². The second kappa shape index (κ2) is 30.6. The maximum atomic E-state index is 13.8. The average Bonchev–Trinajstić information content (AvgIpc) is 3.07. The average molecular weight is 677 g/mol. The van der Waals surface area contributed by atoms with Gasteiger partial charge in [-0.2, -0.15) is 0 Å². The lowest BCUT2D eigenvalue weighted by Gasteiger charge is -2.43. The summed E-state index contributed by atoms with van der Waals surface area (Å²) in [5.74, 6) is 1.63. The van der Waals surface area contributed by atoms with Crippen molar-refractivity contribution in [2.75, 3.05) is 0 Å². The molecule has 0 saturated carbocycles. The smallest absolute Gasteiger partial charge is 0.309 e. The summed E-state index contributed by atoms with van der Waals surface area (Å²) in [6, 6.07) is 0. The number of carboxylic acid groups (broad SMARTS) is 1. The van der Waals surface area contributed by atoms with Crippen LogP contribution in [0.3, 0.4) is 0 Å². The number of hydrogen-bond donors (Lipinski definition) is 2. The quantitative estimate of drug-likeness (QED) is 0.0517. The van der Waals surface area contributed by atoms with Gasteiger partial charge in [0.25, 0.3) is 0 Å². The van der Waals surface area contributed by atoms with Crippen LogP contribution in [0.25, 0.3) is 0 Å². The molecule has 48 heavy (non-hydrogen) atoms. The number of carbonyl (C=O) groups is 2. The van der Waals surface area contributed by atoms with Crippen LogP contribution in [-0.2, 0) is 9.59 Å². The van der Waals surface area contributed by atoms with Crippen molar-refractivity contribution in [2.45, 2.75) is 228 Å². The summed E-state index contributed by atoms with van der Waals surface area (Å²) in [4.78, 5) is 24.8. The lowest BCUT2D eigenvalue weighted by Crippen LogP contribution is -2.43. The Kier molecular flexibility index (Phi) is 29.9. The second-order valence-electron chi connectivity index (χ2n) is 15.7. The predicted molar refractivity (Wildman–Crippen MR) is 209 cm³/mol. The van der Waals surface area contributed by atoms with Crippen LogP contribution in [0.15, 0.2) is 12.2 Å². The molecule has 0 spiro atoms. The van der Waals surface area contributed by atoms with Crippen LogP contribution in [0, 0.1) is 29.1 Å². The van der Waals surface area contributed by atoms with Gasteiger partial charge in [0, 0.05) is 6.42 Å². The minimum atomic E-state index is -0.619. The van der Waals surface area contributed by atoms with Gasteiger partial charge >= 0.3 is 5.97 Å². The molecular formula is C44H84O4. The molecule has 0 fully saturated rings. The minimum Gasteiger partial charge on any atom is -0.481 e. The normalized spacial score (nSPS) is 16.4. The molecule has 0 heterocycles. The number of hydrogen-bond acceptors (Lipinski definition) is 3. The molecule has 4 unspecified atom stereocenters. The molecule has 0 amide bonds. The summed E-state index contributed by atoms with van der Waals surface area (Å²) >= 11 is 0. The van der Waals surface area contributed by atoms with Crippen molar-refractivity contribution in [2.24, 2.45) is 29.1 Å². The van der Waals surface area contributed by atoms with E-state index in [9.17, 15) is 19.8 Å². The molecule has 0 aromatic rings. The number of carbonyl (C=O) groups excluding carboxylic acids is 1. The Morgan fingerprint density at radius 1 is 0.604 bits per heavy atom. The van der Waals surface area contributed by atoms with Crippen LogP contribution in [0.2, 0.25) is 0 Å². The van der Waals surface area contributed by atoms with E-state index >= 15 is 0 Å². The van der Waals surface area contributed by atoms with Crippen LogP contribution in [0.4, 0.5) is 0 Å². The molecule has 0 radical (unpaired) electrons. The molecule has 2 N–H and O–H groups in total. The van der Waals surface area contributed by atoms with Gasteiger partial charge in [0.05, 0.1) is 11.5 Å². The molecule has 0 aliphatic heterocycles. The standard InChI is InChI=1S/C44H84O4/c1-8-14-28-38(11-4)34-41(31-24-19-17-18-20-25-32-42(46)33-26-22-21-23-27-37(7)45)44(43(47)48,35-39(12-5)29-15-9-2)36-40(13-6)30-16-10-3/h20,25,38-42,46H,8-19,21-24,26-36H2,1-7H3,(H,47,48)/t38?,39?,40?,41?,42-,44?/m0/s1. The largest absolute Gasteiger partial charge is 0.481 e. The topological polar surface area (TPSA) is 74.6 Å². The third-order valence-corrected chi connectivity index (χ3v) is 11.6. The van der Waals surface area contributed by atoms with Crippen LogP contribution in [-0.4, -0.2) is 28.1 Å². The highest BCUT2D eigenvalue weighted by Gasteiger charge is 2.47. The van der Waals surface area contributed by atoms with E-state index in [1.54, 1.807) is 6.92 Å². The molecule has 0 bridgehead atoms. The first kappa shape index (κ1) is 46.8. The summed E-state index contributed by atoms with van der Waals surface area (Å²) in [6.45, 7) is 15.4. The van der Waals surface area contributed by atoms with E-state index in [0.29, 0.717) is 24.2 Å². The first-order valence-electron chi connectivity index (χ1n) is 21.2. The maximum absolute atomic E-state index is 13.8.